The molecule has 0 fully saturated rings. The lowest BCUT2D eigenvalue weighted by atomic mass is 10.2. The van der Waals surface area contributed by atoms with Gasteiger partial charge in [-0.25, -0.2) is 10.9 Å². The maximum atomic E-state index is 3.84. The molecule has 0 nitrogen and oxygen atoms in total. The third-order valence-corrected chi connectivity index (χ3v) is 4.03. The normalized spacial score (nSPS) is 17.6. The fraction of sp³-hybridized carbons (Fsp3) is 0.545. The lowest BCUT2D eigenvalue weighted by Gasteiger charge is -2.08. The Labute approximate surface area is 79.1 Å². The van der Waals surface area contributed by atoms with Gasteiger partial charge in [0, 0.05) is 0 Å². The molecule has 1 radical (unpaired) electrons. The van der Waals surface area contributed by atoms with Crippen LogP contribution in [0.4, 0.5) is 0 Å². The van der Waals surface area contributed by atoms with Crippen molar-refractivity contribution in [2.45, 2.75) is 32.1 Å². The zero-order valence-corrected chi connectivity index (χ0v) is 8.60. The van der Waals surface area contributed by atoms with Gasteiger partial charge in [-0.15, -0.1) is 0 Å². The summed E-state index contributed by atoms with van der Waals surface area (Å²) in [7, 11) is 0.157. The molecule has 0 aromatic rings. The van der Waals surface area contributed by atoms with Crippen molar-refractivity contribution < 1.29 is 0 Å². The Morgan fingerprint density at radius 1 is 0.917 bits per heavy atom. The van der Waals surface area contributed by atoms with Crippen LogP contribution >= 0.6 is 10.9 Å². The van der Waals surface area contributed by atoms with Crippen molar-refractivity contribution >= 4 is 10.9 Å². The molecule has 1 heteroatoms. The molecule has 0 saturated carbocycles. The molecule has 0 N–H and O–H groups in total. The number of unbranched alkanes of at least 4 members (excludes halogenated alkanes) is 4. The first-order valence-electron chi connectivity index (χ1n) is 4.83. The van der Waals surface area contributed by atoms with Crippen LogP contribution in [0.25, 0.3) is 0 Å². The maximum Gasteiger partial charge on any atom is -0.0185 e. The molecule has 0 aromatic heterocycles. The molecule has 0 amide bonds. The van der Waals surface area contributed by atoms with Crippen molar-refractivity contribution in [3.05, 3.63) is 29.9 Å². The summed E-state index contributed by atoms with van der Waals surface area (Å²) in [6.07, 6.45) is 11.0. The Morgan fingerprint density at radius 2 is 1.58 bits per heavy atom. The van der Waals surface area contributed by atoms with Gasteiger partial charge in [-0.05, 0) is 23.0 Å². The van der Waals surface area contributed by atoms with E-state index in [0.29, 0.717) is 0 Å². The quantitative estimate of drug-likeness (QED) is 0.470. The highest BCUT2D eigenvalue weighted by Gasteiger charge is 1.97. The predicted octanol–water partition coefficient (Wildman–Crippen LogP) is 3.81. The molecule has 0 atom stereocenters. The number of hydrogen-bond donors (Lipinski definition) is 1. The summed E-state index contributed by atoms with van der Waals surface area (Å²) in [6, 6.07) is 0. The largest absolute Gasteiger partial charge is 0.213 e. The van der Waals surface area contributed by atoms with Gasteiger partial charge >= 0.3 is 0 Å². The second-order valence-electron chi connectivity index (χ2n) is 3.19. The fourth-order valence-corrected chi connectivity index (χ4v) is 2.97. The first-order valence-corrected chi connectivity index (χ1v) is 6.50. The minimum Gasteiger partial charge on any atom is -0.213 e. The molecule has 0 bridgehead atoms. The number of allylic oxidation sites excluding steroid dienone is 2. The van der Waals surface area contributed by atoms with Crippen LogP contribution in [0, 0.1) is 6.92 Å². The summed E-state index contributed by atoms with van der Waals surface area (Å²) >= 11 is 0. The molecule has 69 valence electrons. The Morgan fingerprint density at radius 3 is 2.25 bits per heavy atom. The zero-order chi connectivity index (χ0) is 8.65. The van der Waals surface area contributed by atoms with Crippen LogP contribution in [0.2, 0.25) is 0 Å². The molecule has 12 heavy (non-hydrogen) atoms. The molecule has 0 spiro atoms. The predicted molar refractivity (Wildman–Crippen MR) is 60.6 cm³/mol. The van der Waals surface area contributed by atoms with Crippen molar-refractivity contribution in [3.63, 3.8) is 0 Å². The van der Waals surface area contributed by atoms with Gasteiger partial charge in [0.2, 0.25) is 0 Å². The van der Waals surface area contributed by atoms with Gasteiger partial charge in [-0.3, -0.25) is 0 Å². The van der Waals surface area contributed by atoms with Crippen molar-refractivity contribution in [1.82, 2.24) is 0 Å². The fourth-order valence-electron chi connectivity index (χ4n) is 1.34. The van der Waals surface area contributed by atoms with E-state index in [1.165, 1.54) is 31.4 Å². The average Bonchev–Trinajstić information content (AvgIpc) is 2.57. The molecule has 0 aromatic carbocycles. The average molecular weight is 183 g/mol. The van der Waals surface area contributed by atoms with E-state index in [1.54, 1.807) is 0 Å². The van der Waals surface area contributed by atoms with Crippen LogP contribution in [0.15, 0.2) is 23.0 Å². The van der Waals surface area contributed by atoms with Crippen LogP contribution < -0.4 is 0 Å². The van der Waals surface area contributed by atoms with Gasteiger partial charge in [0.25, 0.3) is 0 Å². The van der Waals surface area contributed by atoms with E-state index < -0.39 is 0 Å². The van der Waals surface area contributed by atoms with E-state index in [-0.39, 0.29) is 10.9 Å². The van der Waals surface area contributed by atoms with Gasteiger partial charge in [-0.2, -0.15) is 0 Å². The highest BCUT2D eigenvalue weighted by molar-refractivity contribution is 8.22. The van der Waals surface area contributed by atoms with Crippen LogP contribution in [0.3, 0.4) is 0 Å². The molecule has 1 aliphatic heterocycles. The Balaban J connectivity index is 1.89. The smallest absolute Gasteiger partial charge is 0.0185 e. The molecule has 1 aliphatic rings. The summed E-state index contributed by atoms with van der Waals surface area (Å²) in [5.74, 6) is 1.40. The zero-order valence-electron chi connectivity index (χ0n) is 7.71. The van der Waals surface area contributed by atoms with Crippen molar-refractivity contribution in [1.29, 1.82) is 0 Å². The van der Waals surface area contributed by atoms with E-state index in [4.69, 9.17) is 0 Å². The minimum atomic E-state index is 0.157. The van der Waals surface area contributed by atoms with Crippen LogP contribution in [-0.2, 0) is 0 Å². The van der Waals surface area contributed by atoms with E-state index in [0.717, 1.165) is 6.42 Å². The van der Waals surface area contributed by atoms with Crippen molar-refractivity contribution in [3.8, 4) is 0 Å². The molecule has 1 rings (SSSR count). The number of thiol groups is 1. The summed E-state index contributed by atoms with van der Waals surface area (Å²) < 4.78 is 0. The van der Waals surface area contributed by atoms with Crippen LogP contribution in [0.5, 0.6) is 0 Å². The Bertz CT molecular complexity index is 146. The van der Waals surface area contributed by atoms with E-state index >= 15 is 0 Å². The number of rotatable bonds is 6. The highest BCUT2D eigenvalue weighted by Crippen LogP contribution is 2.33. The second-order valence-corrected chi connectivity index (χ2v) is 5.26. The molecular weight excluding hydrogens is 164 g/mol. The summed E-state index contributed by atoms with van der Waals surface area (Å²) in [4.78, 5) is 0. The summed E-state index contributed by atoms with van der Waals surface area (Å²) in [5.41, 5.74) is 0. The first-order chi connectivity index (χ1) is 5.93. The molecule has 0 aliphatic carbocycles. The van der Waals surface area contributed by atoms with Crippen LogP contribution in [-0.4, -0.2) is 5.75 Å². The van der Waals surface area contributed by atoms with Crippen molar-refractivity contribution in [2.75, 3.05) is 5.75 Å². The lowest BCUT2D eigenvalue weighted by Crippen LogP contribution is -1.83. The highest BCUT2D eigenvalue weighted by atomic mass is 32.2. The monoisotopic (exact) mass is 183 g/mol. The van der Waals surface area contributed by atoms with E-state index in [9.17, 15) is 0 Å². The van der Waals surface area contributed by atoms with E-state index in [2.05, 4.69) is 29.9 Å². The molecule has 0 saturated heterocycles. The van der Waals surface area contributed by atoms with Gasteiger partial charge < -0.3 is 0 Å². The molecule has 1 heterocycles. The SMILES string of the molecule is [CH2]CCCCCC[SH]1C=CC=C1. The number of hydrogen-bond acceptors (Lipinski definition) is 0. The Hall–Kier alpha value is -0.170. The van der Waals surface area contributed by atoms with Gasteiger partial charge in [0.1, 0.15) is 0 Å². The Kier molecular flexibility index (Phi) is 5.25. The third kappa shape index (κ3) is 4.01. The third-order valence-electron chi connectivity index (χ3n) is 2.08. The van der Waals surface area contributed by atoms with Gasteiger partial charge in [0.05, 0.1) is 0 Å². The molecular formula is C11H19S. The summed E-state index contributed by atoms with van der Waals surface area (Å²) in [5, 5.41) is 4.72. The van der Waals surface area contributed by atoms with Gasteiger partial charge in [-0.1, -0.05) is 44.8 Å². The maximum absolute atomic E-state index is 3.84. The topological polar surface area (TPSA) is 0 Å². The molecule has 0 unspecified atom stereocenters. The van der Waals surface area contributed by atoms with E-state index in [1.807, 2.05) is 0 Å². The summed E-state index contributed by atoms with van der Waals surface area (Å²) in [6.45, 7) is 3.84. The minimum absolute atomic E-state index is 0.157. The lowest BCUT2D eigenvalue weighted by molar-refractivity contribution is 0.677. The van der Waals surface area contributed by atoms with Gasteiger partial charge in [0.15, 0.2) is 0 Å². The van der Waals surface area contributed by atoms with Crippen LogP contribution in [0.1, 0.15) is 32.1 Å². The van der Waals surface area contributed by atoms with Crippen molar-refractivity contribution in [2.24, 2.45) is 0 Å². The standard InChI is InChI=1S/C11H19S/c1-2-3-4-5-6-9-12-10-7-8-11-12/h7-8,10-12H,1-6,9H2. The second kappa shape index (κ2) is 6.36. The first kappa shape index (κ1) is 9.91.